The van der Waals surface area contributed by atoms with E-state index in [1.54, 1.807) is 43.5 Å². The van der Waals surface area contributed by atoms with E-state index in [-0.39, 0.29) is 35.9 Å². The number of hydrogen-bond donors (Lipinski definition) is 1. The van der Waals surface area contributed by atoms with E-state index < -0.39 is 47.5 Å². The van der Waals surface area contributed by atoms with Gasteiger partial charge >= 0.3 is 5.69 Å². The number of Topliss-reactive ketones (excluding diaryl/α,β-unsaturated/α-hetero) is 1. The summed E-state index contributed by atoms with van der Waals surface area (Å²) in [5.41, 5.74) is -0.0629. The molecule has 6 rings (SSSR count). The first-order valence-corrected chi connectivity index (χ1v) is 13.0. The van der Waals surface area contributed by atoms with Crippen LogP contribution < -0.4 is 21.5 Å². The first-order chi connectivity index (χ1) is 19.5. The van der Waals surface area contributed by atoms with Crippen LogP contribution in [0.2, 0.25) is 0 Å². The second-order valence-corrected chi connectivity index (χ2v) is 10.5. The molecule has 1 saturated carbocycles. The number of fused-ring (bicyclic) bond motifs is 2. The Labute approximate surface area is 231 Å². The lowest BCUT2D eigenvalue weighted by Gasteiger charge is -2.20. The van der Waals surface area contributed by atoms with E-state index in [1.807, 2.05) is 4.90 Å². The summed E-state index contributed by atoms with van der Waals surface area (Å²) in [5.74, 6) is -3.71. The third kappa shape index (κ3) is 4.39. The molecule has 0 aromatic carbocycles. The molecule has 0 radical (unpaired) electrons. The number of amides is 1. The number of nitrogens with one attached hydrogen (secondary N) is 1. The number of imidazole rings is 1. The van der Waals surface area contributed by atoms with E-state index >= 15 is 0 Å². The number of aromatic nitrogens is 6. The molecule has 41 heavy (non-hydrogen) atoms. The van der Waals surface area contributed by atoms with Gasteiger partial charge in [0, 0.05) is 31.9 Å². The number of piperidine rings is 1. The van der Waals surface area contributed by atoms with Crippen LogP contribution in [0, 0.1) is 11.8 Å². The third-order valence-electron chi connectivity index (χ3n) is 7.80. The fourth-order valence-electron chi connectivity index (χ4n) is 5.39. The van der Waals surface area contributed by atoms with Crippen LogP contribution in [-0.4, -0.2) is 59.4 Å². The monoisotopic (exact) mass is 564 g/mol. The van der Waals surface area contributed by atoms with Crippen LogP contribution in [0.1, 0.15) is 19.9 Å². The van der Waals surface area contributed by atoms with E-state index in [4.69, 9.17) is 0 Å². The van der Waals surface area contributed by atoms with E-state index in [2.05, 4.69) is 20.3 Å². The molecular weight excluding hydrogens is 538 g/mol. The number of hydrogen-bond acceptors (Lipinski definition) is 8. The molecule has 3 atom stereocenters. The summed E-state index contributed by atoms with van der Waals surface area (Å²) in [6.07, 6.45) is 2.91. The van der Waals surface area contributed by atoms with Gasteiger partial charge in [0.1, 0.15) is 23.5 Å². The molecule has 12 nitrogen and oxygen atoms in total. The Hall–Kier alpha value is -4.75. The fraction of sp³-hybridized carbons (Fsp3) is 0.370. The minimum absolute atomic E-state index is 0.0166. The highest BCUT2D eigenvalue weighted by Crippen LogP contribution is 2.59. The second kappa shape index (κ2) is 9.42. The molecule has 1 amide bonds. The van der Waals surface area contributed by atoms with Gasteiger partial charge in [-0.2, -0.15) is 0 Å². The molecule has 212 valence electrons. The van der Waals surface area contributed by atoms with Crippen molar-refractivity contribution in [3.63, 3.8) is 0 Å². The van der Waals surface area contributed by atoms with Crippen LogP contribution in [0.15, 0.2) is 52.4 Å². The molecule has 1 saturated heterocycles. The van der Waals surface area contributed by atoms with Gasteiger partial charge in [0.05, 0.1) is 30.4 Å². The molecule has 1 N–H and O–H groups in total. The number of anilines is 2. The number of rotatable bonds is 7. The van der Waals surface area contributed by atoms with Crippen molar-refractivity contribution in [1.29, 1.82) is 0 Å². The van der Waals surface area contributed by atoms with Gasteiger partial charge in [-0.25, -0.2) is 28.5 Å². The summed E-state index contributed by atoms with van der Waals surface area (Å²) in [6, 6.07) is 7.74. The Morgan fingerprint density at radius 2 is 1.85 bits per heavy atom. The van der Waals surface area contributed by atoms with Gasteiger partial charge in [-0.1, -0.05) is 6.07 Å². The normalized spacial score (nSPS) is 19.7. The number of halogens is 2. The van der Waals surface area contributed by atoms with Crippen LogP contribution in [0.25, 0.3) is 22.4 Å². The predicted octanol–water partition coefficient (Wildman–Crippen LogP) is 1.84. The summed E-state index contributed by atoms with van der Waals surface area (Å²) in [4.78, 5) is 65.5. The highest BCUT2D eigenvalue weighted by molar-refractivity contribution is 5.93. The van der Waals surface area contributed by atoms with Gasteiger partial charge in [0.2, 0.25) is 5.91 Å². The van der Waals surface area contributed by atoms with Crippen molar-refractivity contribution in [2.45, 2.75) is 32.4 Å². The molecule has 2 unspecified atom stereocenters. The lowest BCUT2D eigenvalue weighted by Crippen LogP contribution is -2.41. The molecule has 4 aromatic heterocycles. The van der Waals surface area contributed by atoms with Crippen molar-refractivity contribution in [3.05, 3.63) is 63.7 Å². The molecule has 5 heterocycles. The SMILES string of the molecule is CC(=O)Cn1c(=O)c2c(ncn2[C@@H](C)C(=O)Nc2cccc(-c3ccc(N4CC5C(C4)C5(F)F)nc3)n2)n(C)c1=O. The Balaban J connectivity index is 1.20. The van der Waals surface area contributed by atoms with Crippen molar-refractivity contribution < 1.29 is 18.4 Å². The van der Waals surface area contributed by atoms with E-state index in [1.165, 1.54) is 24.9 Å². The Bertz CT molecular complexity index is 1810. The maximum atomic E-state index is 13.5. The summed E-state index contributed by atoms with van der Waals surface area (Å²) in [6.45, 7) is 3.02. The summed E-state index contributed by atoms with van der Waals surface area (Å²) < 4.78 is 30.4. The average molecular weight is 565 g/mol. The predicted molar refractivity (Wildman–Crippen MR) is 145 cm³/mol. The number of carbonyl (C=O) groups excluding carboxylic acids is 2. The fourth-order valence-corrected chi connectivity index (χ4v) is 5.39. The molecule has 1 aliphatic heterocycles. The average Bonchev–Trinajstić information content (AvgIpc) is 3.38. The zero-order chi connectivity index (χ0) is 29.2. The van der Waals surface area contributed by atoms with Crippen LogP contribution in [0.5, 0.6) is 0 Å². The van der Waals surface area contributed by atoms with Crippen LogP contribution >= 0.6 is 0 Å². The topological polar surface area (TPSA) is 137 Å². The van der Waals surface area contributed by atoms with Crippen LogP contribution in [0.3, 0.4) is 0 Å². The lowest BCUT2D eigenvalue weighted by atomic mass is 10.2. The molecule has 14 heteroatoms. The zero-order valence-corrected chi connectivity index (χ0v) is 22.4. The molecule has 1 aliphatic carbocycles. The Morgan fingerprint density at radius 1 is 1.12 bits per heavy atom. The maximum absolute atomic E-state index is 13.5. The summed E-state index contributed by atoms with van der Waals surface area (Å²) >= 11 is 0. The van der Waals surface area contributed by atoms with Crippen molar-refractivity contribution in [2.75, 3.05) is 23.3 Å². The zero-order valence-electron chi connectivity index (χ0n) is 22.4. The first kappa shape index (κ1) is 26.5. The molecule has 2 aliphatic rings. The Morgan fingerprint density at radius 3 is 2.51 bits per heavy atom. The van der Waals surface area contributed by atoms with Gasteiger partial charge in [-0.3, -0.25) is 23.5 Å². The standard InChI is InChI=1S/C27H26F2N8O4/c1-14(38)10-36-25(40)22-23(34(3)26(36)41)31-13-37(22)15(2)24(39)33-20-6-4-5-19(32-20)16-7-8-21(30-9-16)35-11-17-18(12-35)27(17,28)29/h4-9,13,15,17-18H,10-12H2,1-3H3,(H,32,33,39)/t15-,17?,18?/m0/s1. The van der Waals surface area contributed by atoms with Gasteiger partial charge < -0.3 is 14.8 Å². The van der Waals surface area contributed by atoms with Crippen molar-refractivity contribution in [3.8, 4) is 11.3 Å². The van der Waals surface area contributed by atoms with Gasteiger partial charge in [-0.05, 0) is 38.1 Å². The molecule has 2 fully saturated rings. The second-order valence-electron chi connectivity index (χ2n) is 10.5. The van der Waals surface area contributed by atoms with E-state index in [9.17, 15) is 28.0 Å². The summed E-state index contributed by atoms with van der Waals surface area (Å²) in [7, 11) is 1.44. The molecule has 0 spiro atoms. The van der Waals surface area contributed by atoms with Crippen molar-refractivity contribution in [2.24, 2.45) is 18.9 Å². The van der Waals surface area contributed by atoms with Crippen LogP contribution in [0.4, 0.5) is 20.4 Å². The molecule has 4 aromatic rings. The van der Waals surface area contributed by atoms with Gasteiger partial charge in [-0.15, -0.1) is 0 Å². The van der Waals surface area contributed by atoms with Gasteiger partial charge in [0.25, 0.3) is 11.5 Å². The number of pyridine rings is 2. The number of ketones is 1. The lowest BCUT2D eigenvalue weighted by molar-refractivity contribution is -0.119. The largest absolute Gasteiger partial charge is 0.356 e. The number of aryl methyl sites for hydroxylation is 1. The highest BCUT2D eigenvalue weighted by Gasteiger charge is 2.71. The maximum Gasteiger partial charge on any atom is 0.332 e. The molecular formula is C27H26F2N8O4. The Kier molecular flexibility index (Phi) is 6.08. The van der Waals surface area contributed by atoms with E-state index in [0.717, 1.165) is 9.13 Å². The minimum Gasteiger partial charge on any atom is -0.356 e. The first-order valence-electron chi connectivity index (χ1n) is 13.0. The number of carbonyl (C=O) groups is 2. The van der Waals surface area contributed by atoms with Gasteiger partial charge in [0.15, 0.2) is 11.2 Å². The van der Waals surface area contributed by atoms with Crippen molar-refractivity contribution >= 4 is 34.5 Å². The number of nitrogens with zero attached hydrogens (tertiary/aromatic N) is 7. The van der Waals surface area contributed by atoms with Crippen molar-refractivity contribution in [1.82, 2.24) is 28.7 Å². The third-order valence-corrected chi connectivity index (χ3v) is 7.80. The van der Waals surface area contributed by atoms with Crippen LogP contribution in [-0.2, 0) is 23.2 Å². The quantitative estimate of drug-likeness (QED) is 0.359. The molecule has 0 bridgehead atoms. The highest BCUT2D eigenvalue weighted by atomic mass is 19.3. The number of alkyl halides is 2. The smallest absolute Gasteiger partial charge is 0.332 e. The van der Waals surface area contributed by atoms with E-state index in [0.29, 0.717) is 17.1 Å². The summed E-state index contributed by atoms with van der Waals surface area (Å²) in [5, 5.41) is 2.74. The minimum atomic E-state index is -2.55.